The number of nitrogens with one attached hydrogen (secondary N) is 1. The van der Waals surface area contributed by atoms with Crippen LogP contribution in [0.3, 0.4) is 0 Å². The molecule has 1 amide bonds. The number of hydrogen-bond acceptors (Lipinski definition) is 6. The predicted octanol–water partition coefficient (Wildman–Crippen LogP) is 3.12. The molecule has 1 aromatic carbocycles. The fourth-order valence-corrected chi connectivity index (χ4v) is 3.17. The van der Waals surface area contributed by atoms with E-state index in [4.69, 9.17) is 11.6 Å². The summed E-state index contributed by atoms with van der Waals surface area (Å²) in [6.07, 6.45) is 0. The number of carbonyl (C=O) groups is 1. The zero-order valence-corrected chi connectivity index (χ0v) is 13.3. The Balaban J connectivity index is 1.96. The van der Waals surface area contributed by atoms with Gasteiger partial charge < -0.3 is 10.2 Å². The van der Waals surface area contributed by atoms with Gasteiger partial charge in [-0.2, -0.15) is 0 Å². The number of benzene rings is 1. The second-order valence-electron chi connectivity index (χ2n) is 4.05. The third kappa shape index (κ3) is 4.09. The molecule has 0 aliphatic carbocycles. The second kappa shape index (κ2) is 6.92. The maximum Gasteiger partial charge on any atom is 0.232 e. The van der Waals surface area contributed by atoms with E-state index in [-0.39, 0.29) is 5.91 Å². The summed E-state index contributed by atoms with van der Waals surface area (Å²) in [7, 11) is 3.46. The van der Waals surface area contributed by atoms with Crippen LogP contribution in [0.15, 0.2) is 28.6 Å². The molecular formula is C12H13ClN4OS2. The van der Waals surface area contributed by atoms with Gasteiger partial charge in [-0.25, -0.2) is 0 Å². The van der Waals surface area contributed by atoms with E-state index in [9.17, 15) is 4.79 Å². The highest BCUT2D eigenvalue weighted by atomic mass is 35.5. The van der Waals surface area contributed by atoms with Crippen LogP contribution in [0.5, 0.6) is 0 Å². The van der Waals surface area contributed by atoms with E-state index >= 15 is 0 Å². The number of carbonyl (C=O) groups excluding carboxylic acids is 1. The Morgan fingerprint density at radius 2 is 2.15 bits per heavy atom. The van der Waals surface area contributed by atoms with Gasteiger partial charge in [-0.05, 0) is 12.1 Å². The third-order valence-corrected chi connectivity index (χ3v) is 4.63. The first-order valence-corrected chi connectivity index (χ1v) is 7.92. The van der Waals surface area contributed by atoms with Crippen molar-refractivity contribution >= 4 is 51.4 Å². The molecule has 0 saturated heterocycles. The molecule has 0 atom stereocenters. The molecule has 20 heavy (non-hydrogen) atoms. The summed E-state index contributed by atoms with van der Waals surface area (Å²) in [5, 5.41) is 12.4. The van der Waals surface area contributed by atoms with Crippen molar-refractivity contribution in [3.05, 3.63) is 29.3 Å². The van der Waals surface area contributed by atoms with Crippen LogP contribution in [-0.4, -0.2) is 40.9 Å². The van der Waals surface area contributed by atoms with Crippen LogP contribution in [-0.2, 0) is 4.79 Å². The quantitative estimate of drug-likeness (QED) is 0.855. The Bertz CT molecular complexity index is 603. The number of amides is 1. The monoisotopic (exact) mass is 328 g/mol. The first kappa shape index (κ1) is 15.1. The highest BCUT2D eigenvalue weighted by molar-refractivity contribution is 8.01. The number of aromatic nitrogens is 2. The van der Waals surface area contributed by atoms with Gasteiger partial charge in [0.1, 0.15) is 0 Å². The zero-order chi connectivity index (χ0) is 14.5. The summed E-state index contributed by atoms with van der Waals surface area (Å²) < 4.78 is 0.745. The molecule has 0 bridgehead atoms. The van der Waals surface area contributed by atoms with Crippen LogP contribution >= 0.6 is 34.7 Å². The van der Waals surface area contributed by atoms with Gasteiger partial charge in [-0.1, -0.05) is 46.8 Å². The smallest absolute Gasteiger partial charge is 0.232 e. The molecule has 0 unspecified atom stereocenters. The molecule has 8 heteroatoms. The van der Waals surface area contributed by atoms with Gasteiger partial charge in [-0.15, -0.1) is 10.2 Å². The minimum absolute atomic E-state index is 0.0470. The van der Waals surface area contributed by atoms with Crippen molar-refractivity contribution in [1.29, 1.82) is 0 Å². The first-order valence-electron chi connectivity index (χ1n) is 5.74. The Hall–Kier alpha value is -1.31. The first-order chi connectivity index (χ1) is 9.56. The van der Waals surface area contributed by atoms with Gasteiger partial charge in [0.2, 0.25) is 11.0 Å². The fraction of sp³-hybridized carbons (Fsp3) is 0.250. The molecule has 0 saturated carbocycles. The Kier molecular flexibility index (Phi) is 5.22. The second-order valence-corrected chi connectivity index (χ2v) is 6.66. The van der Waals surface area contributed by atoms with Crippen LogP contribution in [0.4, 0.5) is 10.8 Å². The normalized spacial score (nSPS) is 10.3. The average molecular weight is 329 g/mol. The van der Waals surface area contributed by atoms with E-state index in [1.165, 1.54) is 23.1 Å². The zero-order valence-electron chi connectivity index (χ0n) is 11.0. The molecule has 0 fully saturated rings. The van der Waals surface area contributed by atoms with E-state index in [1.807, 2.05) is 18.2 Å². The highest BCUT2D eigenvalue weighted by Gasteiger charge is 2.10. The predicted molar refractivity (Wildman–Crippen MR) is 84.1 cm³/mol. The fourth-order valence-electron chi connectivity index (χ4n) is 1.25. The van der Waals surface area contributed by atoms with Crippen molar-refractivity contribution in [3.8, 4) is 0 Å². The van der Waals surface area contributed by atoms with Crippen LogP contribution in [0.2, 0.25) is 5.02 Å². The average Bonchev–Trinajstić information content (AvgIpc) is 2.86. The van der Waals surface area contributed by atoms with Crippen molar-refractivity contribution in [2.45, 2.75) is 4.34 Å². The van der Waals surface area contributed by atoms with Gasteiger partial charge in [0.05, 0.1) is 16.5 Å². The van der Waals surface area contributed by atoms with E-state index < -0.39 is 0 Å². The SMILES string of the molecule is CN(C)C(=O)CSc1nnc(Nc2ccccc2Cl)s1. The van der Waals surface area contributed by atoms with Crippen molar-refractivity contribution in [2.24, 2.45) is 0 Å². The maximum atomic E-state index is 11.5. The van der Waals surface area contributed by atoms with E-state index in [2.05, 4.69) is 15.5 Å². The minimum atomic E-state index is 0.0470. The van der Waals surface area contributed by atoms with Crippen LogP contribution < -0.4 is 5.32 Å². The van der Waals surface area contributed by atoms with Crippen molar-refractivity contribution in [3.63, 3.8) is 0 Å². The topological polar surface area (TPSA) is 58.1 Å². The van der Waals surface area contributed by atoms with Gasteiger partial charge in [0, 0.05) is 14.1 Å². The Morgan fingerprint density at radius 1 is 1.40 bits per heavy atom. The van der Waals surface area contributed by atoms with Crippen LogP contribution in [0.1, 0.15) is 0 Å². The molecule has 2 aromatic rings. The van der Waals surface area contributed by atoms with Gasteiger partial charge >= 0.3 is 0 Å². The molecule has 1 N–H and O–H groups in total. The molecule has 2 rings (SSSR count). The lowest BCUT2D eigenvalue weighted by Gasteiger charge is -2.07. The molecule has 0 spiro atoms. The molecule has 0 radical (unpaired) electrons. The molecule has 5 nitrogen and oxygen atoms in total. The van der Waals surface area contributed by atoms with Gasteiger partial charge in [0.25, 0.3) is 0 Å². The number of nitrogens with zero attached hydrogens (tertiary/aromatic N) is 3. The lowest BCUT2D eigenvalue weighted by atomic mass is 10.3. The largest absolute Gasteiger partial charge is 0.348 e. The third-order valence-electron chi connectivity index (χ3n) is 2.34. The van der Waals surface area contributed by atoms with Crippen molar-refractivity contribution in [2.75, 3.05) is 25.2 Å². The summed E-state index contributed by atoms with van der Waals surface area (Å²) in [4.78, 5) is 13.0. The van der Waals surface area contributed by atoms with Gasteiger partial charge in [0.15, 0.2) is 4.34 Å². The number of para-hydroxylation sites is 1. The molecule has 1 heterocycles. The summed E-state index contributed by atoms with van der Waals surface area (Å²) in [6, 6.07) is 7.42. The van der Waals surface area contributed by atoms with Crippen LogP contribution in [0, 0.1) is 0 Å². The number of halogens is 1. The summed E-state index contributed by atoms with van der Waals surface area (Å²) in [6.45, 7) is 0. The molecule has 0 aliphatic heterocycles. The molecular weight excluding hydrogens is 316 g/mol. The molecule has 106 valence electrons. The standard InChI is InChI=1S/C12H13ClN4OS2/c1-17(2)10(18)7-19-12-16-15-11(20-12)14-9-6-4-3-5-8(9)13/h3-6H,7H2,1-2H3,(H,14,15). The maximum absolute atomic E-state index is 11.5. The minimum Gasteiger partial charge on any atom is -0.348 e. The van der Waals surface area contributed by atoms with E-state index in [1.54, 1.807) is 25.1 Å². The van der Waals surface area contributed by atoms with Crippen molar-refractivity contribution in [1.82, 2.24) is 15.1 Å². The summed E-state index contributed by atoms with van der Waals surface area (Å²) in [5.41, 5.74) is 0.784. The summed E-state index contributed by atoms with van der Waals surface area (Å²) in [5.74, 6) is 0.402. The van der Waals surface area contributed by atoms with Crippen molar-refractivity contribution < 1.29 is 4.79 Å². The van der Waals surface area contributed by atoms with Gasteiger partial charge in [-0.3, -0.25) is 4.79 Å². The number of rotatable bonds is 5. The number of anilines is 2. The lowest BCUT2D eigenvalue weighted by Crippen LogP contribution is -2.23. The number of hydrogen-bond donors (Lipinski definition) is 1. The number of thioether (sulfide) groups is 1. The lowest BCUT2D eigenvalue weighted by molar-refractivity contribution is -0.125. The summed E-state index contributed by atoms with van der Waals surface area (Å²) >= 11 is 8.82. The molecule has 0 aliphatic rings. The highest BCUT2D eigenvalue weighted by Crippen LogP contribution is 2.30. The van der Waals surface area contributed by atoms with E-state index in [0.29, 0.717) is 15.9 Å². The Labute approximate surface area is 130 Å². The Morgan fingerprint density at radius 3 is 2.85 bits per heavy atom. The van der Waals surface area contributed by atoms with E-state index in [0.717, 1.165) is 10.0 Å². The van der Waals surface area contributed by atoms with Crippen LogP contribution in [0.25, 0.3) is 0 Å². The molecule has 1 aromatic heterocycles.